The first-order valence-electron chi connectivity index (χ1n) is 6.50. The van der Waals surface area contributed by atoms with Gasteiger partial charge in [0.1, 0.15) is 5.75 Å². The number of benzene rings is 2. The summed E-state index contributed by atoms with van der Waals surface area (Å²) < 4.78 is 6.28. The van der Waals surface area contributed by atoms with Crippen LogP contribution in [-0.4, -0.2) is 12.1 Å². The Morgan fingerprint density at radius 3 is 2.48 bits per heavy atom. The summed E-state index contributed by atoms with van der Waals surface area (Å²) in [5.41, 5.74) is 3.79. The minimum atomic E-state index is 0.725. The predicted molar refractivity (Wildman–Crippen MR) is 91.2 cm³/mol. The van der Waals surface area contributed by atoms with E-state index in [0.717, 1.165) is 43.0 Å². The number of rotatable bonds is 2. The van der Waals surface area contributed by atoms with Gasteiger partial charge in [0.2, 0.25) is 0 Å². The Labute approximate surface area is 136 Å². The largest absolute Gasteiger partial charge is 0.497 e. The lowest BCUT2D eigenvalue weighted by Gasteiger charge is -2.12. The third-order valence-corrected chi connectivity index (χ3v) is 4.36. The van der Waals surface area contributed by atoms with Crippen LogP contribution < -0.4 is 4.74 Å². The minimum Gasteiger partial charge on any atom is -0.497 e. The Hall–Kier alpha value is -1.58. The Morgan fingerprint density at radius 2 is 1.81 bits per heavy atom. The molecule has 3 aromatic rings. The molecule has 0 bridgehead atoms. The molecule has 0 radical (unpaired) electrons. The molecule has 2 nitrogen and oxygen atoms in total. The molecule has 1 heterocycles. The fraction of sp³-hybridized carbons (Fsp3) is 0.118. The third-order valence-electron chi connectivity index (χ3n) is 3.44. The molecular weight excluding hydrogens is 350 g/mol. The summed E-state index contributed by atoms with van der Waals surface area (Å²) in [6, 6.07) is 13.8. The van der Waals surface area contributed by atoms with Crippen molar-refractivity contribution in [3.8, 4) is 16.9 Å². The predicted octanol–water partition coefficient (Wildman–Crippen LogP) is 5.63. The van der Waals surface area contributed by atoms with E-state index in [1.165, 1.54) is 0 Å². The van der Waals surface area contributed by atoms with Crippen molar-refractivity contribution in [1.82, 2.24) is 4.98 Å². The molecule has 106 valence electrons. The first-order chi connectivity index (χ1) is 10.1. The van der Waals surface area contributed by atoms with Crippen LogP contribution >= 0.6 is 27.5 Å². The van der Waals surface area contributed by atoms with Crippen LogP contribution in [0.3, 0.4) is 0 Å². The van der Waals surface area contributed by atoms with Crippen LogP contribution in [0.5, 0.6) is 5.75 Å². The van der Waals surface area contributed by atoms with E-state index in [9.17, 15) is 0 Å². The van der Waals surface area contributed by atoms with Crippen LogP contribution in [0.1, 0.15) is 5.69 Å². The molecule has 0 spiro atoms. The molecule has 0 atom stereocenters. The van der Waals surface area contributed by atoms with Gasteiger partial charge in [-0.2, -0.15) is 0 Å². The number of pyridine rings is 1. The zero-order valence-corrected chi connectivity index (χ0v) is 14.0. The van der Waals surface area contributed by atoms with Crippen LogP contribution in [0.25, 0.3) is 22.0 Å². The molecule has 0 saturated heterocycles. The van der Waals surface area contributed by atoms with E-state index < -0.39 is 0 Å². The summed E-state index contributed by atoms with van der Waals surface area (Å²) in [6.07, 6.45) is 0. The van der Waals surface area contributed by atoms with Gasteiger partial charge in [-0.1, -0.05) is 39.7 Å². The number of fused-ring (bicyclic) bond motifs is 1. The van der Waals surface area contributed by atoms with Crippen molar-refractivity contribution in [2.24, 2.45) is 0 Å². The molecule has 0 aliphatic rings. The number of hydrogen-bond donors (Lipinski definition) is 0. The van der Waals surface area contributed by atoms with Crippen molar-refractivity contribution < 1.29 is 4.74 Å². The number of ether oxygens (including phenoxy) is 1. The summed E-state index contributed by atoms with van der Waals surface area (Å²) in [6.45, 7) is 1.97. The summed E-state index contributed by atoms with van der Waals surface area (Å²) in [4.78, 5) is 4.67. The molecule has 3 rings (SSSR count). The van der Waals surface area contributed by atoms with Crippen molar-refractivity contribution in [3.63, 3.8) is 0 Å². The van der Waals surface area contributed by atoms with Crippen LogP contribution in [0.2, 0.25) is 5.02 Å². The highest BCUT2D eigenvalue weighted by molar-refractivity contribution is 9.10. The van der Waals surface area contributed by atoms with E-state index in [0.29, 0.717) is 0 Å². The quantitative estimate of drug-likeness (QED) is 0.589. The van der Waals surface area contributed by atoms with Crippen molar-refractivity contribution >= 4 is 38.4 Å². The first-order valence-corrected chi connectivity index (χ1v) is 7.67. The summed E-state index contributed by atoms with van der Waals surface area (Å²) in [5, 5.41) is 1.66. The van der Waals surface area contributed by atoms with Crippen LogP contribution in [-0.2, 0) is 0 Å². The number of nitrogens with zero attached hydrogens (tertiary/aromatic N) is 1. The number of aryl methyl sites for hydroxylation is 1. The maximum atomic E-state index is 6.62. The maximum Gasteiger partial charge on any atom is 0.121 e. The topological polar surface area (TPSA) is 22.1 Å². The van der Waals surface area contributed by atoms with E-state index in [1.807, 2.05) is 49.4 Å². The second-order valence-corrected chi connectivity index (χ2v) is 6.07. The van der Waals surface area contributed by atoms with Gasteiger partial charge in [-0.25, -0.2) is 0 Å². The van der Waals surface area contributed by atoms with Gasteiger partial charge in [0, 0.05) is 27.2 Å². The molecule has 0 aliphatic carbocycles. The van der Waals surface area contributed by atoms with Crippen LogP contribution in [0, 0.1) is 6.92 Å². The molecule has 0 N–H and O–H groups in total. The number of methoxy groups -OCH3 is 1. The molecule has 0 saturated carbocycles. The lowest BCUT2D eigenvalue weighted by Crippen LogP contribution is -1.93. The number of aromatic nitrogens is 1. The van der Waals surface area contributed by atoms with Gasteiger partial charge in [0.05, 0.1) is 17.6 Å². The van der Waals surface area contributed by atoms with Crippen molar-refractivity contribution in [1.29, 1.82) is 0 Å². The normalized spacial score (nSPS) is 10.9. The fourth-order valence-corrected chi connectivity index (χ4v) is 3.07. The van der Waals surface area contributed by atoms with Crippen LogP contribution in [0.4, 0.5) is 0 Å². The molecule has 2 aromatic carbocycles. The van der Waals surface area contributed by atoms with Gasteiger partial charge in [-0.3, -0.25) is 4.98 Å². The Morgan fingerprint density at radius 1 is 1.10 bits per heavy atom. The number of hydrogen-bond acceptors (Lipinski definition) is 2. The number of halogens is 2. The Bertz CT molecular complexity index is 815. The first kappa shape index (κ1) is 14.4. The molecule has 0 fully saturated rings. The highest BCUT2D eigenvalue weighted by Crippen LogP contribution is 2.37. The fourth-order valence-electron chi connectivity index (χ4n) is 2.40. The highest BCUT2D eigenvalue weighted by Gasteiger charge is 2.13. The zero-order valence-electron chi connectivity index (χ0n) is 11.7. The van der Waals surface area contributed by atoms with Gasteiger partial charge in [0.25, 0.3) is 0 Å². The second kappa shape index (κ2) is 5.66. The minimum absolute atomic E-state index is 0.725. The Balaban J connectivity index is 2.26. The van der Waals surface area contributed by atoms with E-state index >= 15 is 0 Å². The Kier molecular flexibility index (Phi) is 3.87. The van der Waals surface area contributed by atoms with E-state index in [2.05, 4.69) is 20.9 Å². The molecule has 0 aliphatic heterocycles. The molecule has 0 unspecified atom stereocenters. The van der Waals surface area contributed by atoms with Gasteiger partial charge < -0.3 is 4.74 Å². The lowest BCUT2D eigenvalue weighted by atomic mass is 10.0. The monoisotopic (exact) mass is 361 g/mol. The van der Waals surface area contributed by atoms with Gasteiger partial charge in [-0.15, -0.1) is 0 Å². The van der Waals surface area contributed by atoms with Crippen molar-refractivity contribution in [2.75, 3.05) is 7.11 Å². The van der Waals surface area contributed by atoms with Gasteiger partial charge in [-0.05, 0) is 36.8 Å². The van der Waals surface area contributed by atoms with Gasteiger partial charge >= 0.3 is 0 Å². The average molecular weight is 363 g/mol. The van der Waals surface area contributed by atoms with E-state index in [1.54, 1.807) is 7.11 Å². The smallest absolute Gasteiger partial charge is 0.121 e. The van der Waals surface area contributed by atoms with Crippen molar-refractivity contribution in [3.05, 3.63) is 57.7 Å². The summed E-state index contributed by atoms with van der Waals surface area (Å²) in [7, 11) is 1.64. The van der Waals surface area contributed by atoms with Crippen LogP contribution in [0.15, 0.2) is 46.9 Å². The van der Waals surface area contributed by atoms with E-state index in [-0.39, 0.29) is 0 Å². The average Bonchev–Trinajstić information content (AvgIpc) is 2.48. The zero-order chi connectivity index (χ0) is 15.0. The SMILES string of the molecule is COc1ccc2c(Cl)c(-c3ccc(Br)cc3)c(C)nc2c1. The maximum absolute atomic E-state index is 6.62. The highest BCUT2D eigenvalue weighted by atomic mass is 79.9. The second-order valence-electron chi connectivity index (χ2n) is 4.78. The summed E-state index contributed by atoms with van der Waals surface area (Å²) >= 11 is 10.1. The molecule has 1 aromatic heterocycles. The molecule has 4 heteroatoms. The summed E-state index contributed by atoms with van der Waals surface area (Å²) in [5.74, 6) is 0.779. The van der Waals surface area contributed by atoms with Crippen molar-refractivity contribution in [2.45, 2.75) is 6.92 Å². The molecule has 21 heavy (non-hydrogen) atoms. The third kappa shape index (κ3) is 2.63. The molecular formula is C17H13BrClNO. The van der Waals surface area contributed by atoms with E-state index in [4.69, 9.17) is 16.3 Å². The van der Waals surface area contributed by atoms with Gasteiger partial charge in [0.15, 0.2) is 0 Å². The standard InChI is InChI=1S/C17H13BrClNO/c1-10-16(11-3-5-12(18)6-4-11)17(19)14-8-7-13(21-2)9-15(14)20-10/h3-9H,1-2H3. The lowest BCUT2D eigenvalue weighted by molar-refractivity contribution is 0.415. The molecule has 0 amide bonds.